The molecule has 2 N–H and O–H groups in total. The van der Waals surface area contributed by atoms with Crippen LogP contribution in [0, 0.1) is 19.3 Å². The lowest BCUT2D eigenvalue weighted by atomic mass is 9.91. The van der Waals surface area contributed by atoms with Crippen molar-refractivity contribution in [2.45, 2.75) is 131 Å². The quantitative estimate of drug-likeness (QED) is 0.0459. The minimum absolute atomic E-state index is 0.00623. The SMILES string of the molecule is CCOC(=O)C1=NN(c2ccc(Cl)cc2Cl)C(C)(C(=O)OCC)C1.CCc1cc(C)cc(CC)c1-c1c(OC(=O)C(C)(C)C)n2n(c1=O)CCOCC2.Cc1c(C(=O)c2c[nH]n(C)c2=O)ccc(S(C)(=O)=O)c1C1=NOCC1.O=C(O)CCCOc1ccc(Cl)cc1Cl. The summed E-state index contributed by atoms with van der Waals surface area (Å²) in [5.41, 5.74) is 4.50. The van der Waals surface area contributed by atoms with E-state index in [1.165, 1.54) is 40.6 Å². The number of benzene rings is 4. The van der Waals surface area contributed by atoms with E-state index >= 15 is 0 Å². The Morgan fingerprint density at radius 1 is 0.785 bits per heavy atom. The molecule has 0 fully saturated rings. The number of ketones is 1. The number of nitrogens with zero attached hydrogens (tertiary/aromatic N) is 6. The van der Waals surface area contributed by atoms with Gasteiger partial charge in [0.1, 0.15) is 29.2 Å². The Kier molecular flexibility index (Phi) is 25.9. The molecule has 9 rings (SSSR count). The number of H-pyrrole nitrogens is 1. The Labute approximate surface area is 559 Å². The molecule has 0 amide bonds. The maximum absolute atomic E-state index is 13.5. The molecule has 1 unspecified atom stereocenters. The van der Waals surface area contributed by atoms with Crippen molar-refractivity contribution < 1.29 is 66.0 Å². The summed E-state index contributed by atoms with van der Waals surface area (Å²) in [5.74, 6) is -1.87. The predicted molar refractivity (Wildman–Crippen MR) is 356 cm³/mol. The minimum Gasteiger partial charge on any atom is -0.492 e. The summed E-state index contributed by atoms with van der Waals surface area (Å²) in [6.45, 7) is 21.4. The number of hydrogen-bond donors (Lipinski definition) is 2. The van der Waals surface area contributed by atoms with Gasteiger partial charge in [0.05, 0.1) is 77.9 Å². The van der Waals surface area contributed by atoms with E-state index in [-0.39, 0.29) is 59.3 Å². The van der Waals surface area contributed by atoms with Crippen LogP contribution in [0.2, 0.25) is 20.1 Å². The first-order valence-electron chi connectivity index (χ1n) is 29.9. The number of aryl methyl sites for hydroxylation is 4. The van der Waals surface area contributed by atoms with Crippen LogP contribution >= 0.6 is 46.4 Å². The molecule has 1 atom stereocenters. The number of rotatable bonds is 18. The fraction of sp³-hybridized carbons (Fsp3) is 0.431. The van der Waals surface area contributed by atoms with Gasteiger partial charge in [0.15, 0.2) is 21.2 Å². The van der Waals surface area contributed by atoms with Crippen LogP contribution in [-0.4, -0.2) is 125 Å². The zero-order chi connectivity index (χ0) is 68.9. The molecule has 6 aromatic rings. The van der Waals surface area contributed by atoms with E-state index in [2.05, 4.69) is 48.3 Å². The van der Waals surface area contributed by atoms with Crippen molar-refractivity contribution in [3.05, 3.63) is 147 Å². The summed E-state index contributed by atoms with van der Waals surface area (Å²) in [4.78, 5) is 91.0. The second-order valence-electron chi connectivity index (χ2n) is 22.8. The Balaban J connectivity index is 0.000000201. The van der Waals surface area contributed by atoms with E-state index in [1.807, 2.05) is 20.8 Å². The van der Waals surface area contributed by atoms with Crippen molar-refractivity contribution in [3.8, 4) is 22.8 Å². The molecule has 3 aliphatic heterocycles. The van der Waals surface area contributed by atoms with Gasteiger partial charge >= 0.3 is 23.9 Å². The smallest absolute Gasteiger partial charge is 0.354 e. The van der Waals surface area contributed by atoms with Gasteiger partial charge in [-0.25, -0.2) is 32.4 Å². The zero-order valence-corrected chi connectivity index (χ0v) is 57.8. The molecule has 93 heavy (non-hydrogen) atoms. The van der Waals surface area contributed by atoms with Gasteiger partial charge in [-0.3, -0.25) is 28.7 Å². The average Bonchev–Trinajstić information content (AvgIpc) is 1.67. The molecule has 4 aromatic carbocycles. The topological polar surface area (TPSA) is 288 Å². The van der Waals surface area contributed by atoms with Gasteiger partial charge in [-0.05, 0) is 145 Å². The fourth-order valence-corrected chi connectivity index (χ4v) is 12.0. The number of carbonyl (C=O) groups is 5. The van der Waals surface area contributed by atoms with Crippen LogP contribution in [0.3, 0.4) is 0 Å². The van der Waals surface area contributed by atoms with Gasteiger partial charge in [0.2, 0.25) is 5.88 Å². The van der Waals surface area contributed by atoms with Gasteiger partial charge in [-0.2, -0.15) is 5.10 Å². The highest BCUT2D eigenvalue weighted by Gasteiger charge is 2.50. The number of hydrazone groups is 1. The number of oxime groups is 1. The minimum atomic E-state index is -3.52. The number of ether oxygens (including phenoxy) is 5. The lowest BCUT2D eigenvalue weighted by Crippen LogP contribution is -2.48. The van der Waals surface area contributed by atoms with Crippen LogP contribution in [0.5, 0.6) is 11.6 Å². The number of aromatic amines is 1. The van der Waals surface area contributed by atoms with Crippen LogP contribution in [0.25, 0.3) is 11.1 Å². The second kappa shape index (κ2) is 32.4. The van der Waals surface area contributed by atoms with Crippen LogP contribution in [0.15, 0.2) is 91.6 Å². The highest BCUT2D eigenvalue weighted by Crippen LogP contribution is 2.40. The van der Waals surface area contributed by atoms with Crippen LogP contribution in [-0.2, 0) is 81.0 Å². The number of aromatic nitrogens is 4. The van der Waals surface area contributed by atoms with E-state index in [9.17, 15) is 42.0 Å². The van der Waals surface area contributed by atoms with E-state index in [0.717, 1.165) is 35.8 Å². The first-order chi connectivity index (χ1) is 43.8. The highest BCUT2D eigenvalue weighted by molar-refractivity contribution is 7.90. The number of carboxylic acid groups (broad SMARTS) is 1. The third-order valence-electron chi connectivity index (χ3n) is 14.7. The zero-order valence-electron chi connectivity index (χ0n) is 53.9. The number of carboxylic acids is 1. The van der Waals surface area contributed by atoms with E-state index in [4.69, 9.17) is 80.0 Å². The summed E-state index contributed by atoms with van der Waals surface area (Å²) in [6.07, 6.45) is 5.08. The molecule has 0 bridgehead atoms. The molecule has 0 spiro atoms. The Morgan fingerprint density at radius 3 is 1.95 bits per heavy atom. The summed E-state index contributed by atoms with van der Waals surface area (Å²) in [7, 11) is -2.02. The first-order valence-corrected chi connectivity index (χ1v) is 33.3. The summed E-state index contributed by atoms with van der Waals surface area (Å²) in [5, 5.41) is 22.4. The van der Waals surface area contributed by atoms with Crippen molar-refractivity contribution in [1.29, 1.82) is 0 Å². The van der Waals surface area contributed by atoms with Gasteiger partial charge in [0.25, 0.3) is 11.1 Å². The standard InChI is InChI=1S/C23H32N2O4.C16H18Cl2N2O4.C16H17N3O5S.C10H10Cl2O3/c1-7-16-13-15(3)14-17(8-2)18(16)19-20(26)24-9-11-28-12-10-25(24)21(19)29-22(27)23(4,5)6;1-4-23-14(21)12-9-16(3,15(22)24-5-2)20(19-12)13-7-6-10(17)8-11(13)18;1-9-10(15(20)11-8-17-19(2)16(11)21)4-5-13(25(3,22)23)14(9)12-6-7-24-18-12;11-7-3-4-9(8(12)6-7)15-5-1-2-10(13)14/h13-14H,7-12H2,1-6H3;6-8H,4-5,9H2,1-3H3;4-5,8,17H,6-7H2,1-3H3;3-4,6H,1-2,5H2,(H,13,14). The number of fused-ring (bicyclic) bond motifs is 1. The largest absolute Gasteiger partial charge is 0.492 e. The van der Waals surface area contributed by atoms with Crippen molar-refractivity contribution in [2.75, 3.05) is 50.9 Å². The maximum Gasteiger partial charge on any atom is 0.354 e. The van der Waals surface area contributed by atoms with E-state index in [1.54, 1.807) is 73.5 Å². The number of esters is 3. The number of aliphatic carboxylic acids is 1. The third-order valence-corrected chi connectivity index (χ3v) is 16.9. The molecule has 2 aromatic heterocycles. The average molecular weight is 1390 g/mol. The Morgan fingerprint density at radius 2 is 1.41 bits per heavy atom. The van der Waals surface area contributed by atoms with Crippen LogP contribution in [0.1, 0.15) is 125 Å². The maximum atomic E-state index is 13.5. The van der Waals surface area contributed by atoms with E-state index in [0.29, 0.717) is 112 Å². The Bertz CT molecular complexity index is 4060. The molecular formula is C65H77Cl4N7O16S. The number of nitrogens with one attached hydrogen (secondary N) is 1. The van der Waals surface area contributed by atoms with Crippen molar-refractivity contribution in [3.63, 3.8) is 0 Å². The molecule has 0 saturated heterocycles. The normalized spacial score (nSPS) is 15.1. The van der Waals surface area contributed by atoms with E-state index < -0.39 is 50.0 Å². The molecule has 23 nitrogen and oxygen atoms in total. The summed E-state index contributed by atoms with van der Waals surface area (Å²) in [6, 6.07) is 16.8. The number of anilines is 1. The molecule has 28 heteroatoms. The monoisotopic (exact) mass is 1380 g/mol. The highest BCUT2D eigenvalue weighted by atomic mass is 35.5. The van der Waals surface area contributed by atoms with Gasteiger partial charge in [-0.1, -0.05) is 83.1 Å². The van der Waals surface area contributed by atoms with Gasteiger partial charge in [-0.15, -0.1) is 0 Å². The van der Waals surface area contributed by atoms with Crippen molar-refractivity contribution >= 4 is 103 Å². The third kappa shape index (κ3) is 18.1. The molecular weight excluding hydrogens is 1310 g/mol. The number of halogens is 4. The van der Waals surface area contributed by atoms with Crippen LogP contribution < -0.4 is 25.6 Å². The predicted octanol–water partition coefficient (Wildman–Crippen LogP) is 11.2. The fourth-order valence-electron chi connectivity index (χ4n) is 10.1. The second-order valence-corrected chi connectivity index (χ2v) is 26.5. The molecule has 0 radical (unpaired) electrons. The number of hydrogen-bond acceptors (Lipinski definition) is 18. The van der Waals surface area contributed by atoms with Gasteiger partial charge in [0, 0.05) is 59.9 Å². The molecule has 3 aliphatic rings. The lowest BCUT2D eigenvalue weighted by molar-refractivity contribution is -0.148. The lowest BCUT2D eigenvalue weighted by Gasteiger charge is -2.32. The van der Waals surface area contributed by atoms with Gasteiger partial charge < -0.3 is 38.7 Å². The summed E-state index contributed by atoms with van der Waals surface area (Å²) < 4.78 is 55.8. The number of carbonyl (C=O) groups excluding carboxylic acids is 4. The van der Waals surface area contributed by atoms with Crippen molar-refractivity contribution in [1.82, 2.24) is 19.1 Å². The molecule has 0 saturated carbocycles. The van der Waals surface area contributed by atoms with Crippen LogP contribution in [0.4, 0.5) is 5.69 Å². The Hall–Kier alpha value is -7.74. The number of sulfone groups is 1. The first kappa shape index (κ1) is 74.3. The molecule has 5 heterocycles. The van der Waals surface area contributed by atoms with Crippen molar-refractivity contribution in [2.24, 2.45) is 22.7 Å². The molecule has 0 aliphatic carbocycles. The molecule has 502 valence electrons. The summed E-state index contributed by atoms with van der Waals surface area (Å²) >= 11 is 23.7.